The molecule has 21 heavy (non-hydrogen) atoms. The van der Waals surface area contributed by atoms with E-state index < -0.39 is 0 Å². The zero-order valence-electron chi connectivity index (χ0n) is 12.7. The molecule has 0 atom stereocenters. The molecule has 1 aromatic carbocycles. The topological polar surface area (TPSA) is 43.4 Å². The monoisotopic (exact) mass is 304 g/mol. The van der Waals surface area contributed by atoms with Crippen LogP contribution in [0.2, 0.25) is 0 Å². The van der Waals surface area contributed by atoms with Gasteiger partial charge in [0.25, 0.3) is 0 Å². The van der Waals surface area contributed by atoms with Crippen molar-refractivity contribution in [1.82, 2.24) is 4.98 Å². The van der Waals surface area contributed by atoms with Crippen molar-refractivity contribution < 1.29 is 9.47 Å². The molecule has 112 valence electrons. The lowest BCUT2D eigenvalue weighted by atomic mass is 10.1. The Hall–Kier alpha value is -1.88. The van der Waals surface area contributed by atoms with E-state index in [9.17, 15) is 0 Å². The molecule has 4 nitrogen and oxygen atoms in total. The molecule has 0 fully saturated rings. The number of hydrogen-bond donors (Lipinski definition) is 1. The molecule has 0 spiro atoms. The molecule has 1 aromatic heterocycles. The molecule has 0 bridgehead atoms. The highest BCUT2D eigenvalue weighted by Crippen LogP contribution is 2.30. The maximum Gasteiger partial charge on any atom is 0.237 e. The second kappa shape index (κ2) is 7.22. The molecular weight excluding hydrogens is 284 g/mol. The summed E-state index contributed by atoms with van der Waals surface area (Å²) >= 11 is 1.52. The standard InChI is InChI=1S/C16H20N2O2S/c1-11(2)12-9-15(16(20-4)17-10-12)18-21-14-7-5-13(19-3)6-8-14/h5-11,18H,1-4H3. The zero-order chi connectivity index (χ0) is 15.2. The minimum Gasteiger partial charge on any atom is -0.497 e. The molecule has 0 aliphatic heterocycles. The van der Waals surface area contributed by atoms with E-state index in [-0.39, 0.29) is 0 Å². The molecule has 0 saturated carbocycles. The number of methoxy groups -OCH3 is 2. The van der Waals surface area contributed by atoms with Crippen molar-refractivity contribution in [2.75, 3.05) is 18.9 Å². The Morgan fingerprint density at radius 1 is 1.10 bits per heavy atom. The first kappa shape index (κ1) is 15.5. The number of ether oxygens (including phenoxy) is 2. The van der Waals surface area contributed by atoms with Gasteiger partial charge in [0.1, 0.15) is 11.4 Å². The van der Waals surface area contributed by atoms with Gasteiger partial charge in [0.15, 0.2) is 0 Å². The van der Waals surface area contributed by atoms with E-state index in [0.717, 1.165) is 16.3 Å². The van der Waals surface area contributed by atoms with Gasteiger partial charge >= 0.3 is 0 Å². The normalized spacial score (nSPS) is 10.5. The number of benzene rings is 1. The fourth-order valence-electron chi connectivity index (χ4n) is 1.78. The fourth-order valence-corrected chi connectivity index (χ4v) is 2.42. The van der Waals surface area contributed by atoms with Crippen LogP contribution in [0.3, 0.4) is 0 Å². The fraction of sp³-hybridized carbons (Fsp3) is 0.312. The van der Waals surface area contributed by atoms with Gasteiger partial charge in [-0.3, -0.25) is 0 Å². The maximum absolute atomic E-state index is 5.30. The third-order valence-electron chi connectivity index (χ3n) is 3.07. The average Bonchev–Trinajstić information content (AvgIpc) is 2.53. The van der Waals surface area contributed by atoms with Gasteiger partial charge in [0, 0.05) is 11.1 Å². The summed E-state index contributed by atoms with van der Waals surface area (Å²) in [6.07, 6.45) is 1.85. The van der Waals surface area contributed by atoms with Crippen LogP contribution in [0.1, 0.15) is 25.3 Å². The summed E-state index contributed by atoms with van der Waals surface area (Å²) in [5.41, 5.74) is 2.05. The van der Waals surface area contributed by atoms with Gasteiger partial charge < -0.3 is 14.2 Å². The highest BCUT2D eigenvalue weighted by molar-refractivity contribution is 8.00. The predicted octanol–water partition coefficient (Wildman–Crippen LogP) is 4.34. The van der Waals surface area contributed by atoms with Crippen molar-refractivity contribution in [3.05, 3.63) is 42.1 Å². The SMILES string of the molecule is COc1ccc(SNc2cc(C(C)C)cnc2OC)cc1. The lowest BCUT2D eigenvalue weighted by Gasteiger charge is -2.13. The van der Waals surface area contributed by atoms with Crippen LogP contribution in [-0.4, -0.2) is 19.2 Å². The number of rotatable bonds is 6. The summed E-state index contributed by atoms with van der Waals surface area (Å²) < 4.78 is 13.8. The first-order valence-electron chi connectivity index (χ1n) is 6.75. The third-order valence-corrected chi connectivity index (χ3v) is 3.90. The van der Waals surface area contributed by atoms with Gasteiger partial charge in [-0.15, -0.1) is 0 Å². The minimum atomic E-state index is 0.426. The van der Waals surface area contributed by atoms with Crippen LogP contribution in [0.15, 0.2) is 41.4 Å². The van der Waals surface area contributed by atoms with Gasteiger partial charge in [0.05, 0.1) is 14.2 Å². The maximum atomic E-state index is 5.30. The Labute approximate surface area is 130 Å². The van der Waals surface area contributed by atoms with Gasteiger partial charge in [-0.25, -0.2) is 4.98 Å². The summed E-state index contributed by atoms with van der Waals surface area (Å²) in [6.45, 7) is 4.29. The van der Waals surface area contributed by atoms with Crippen molar-refractivity contribution in [2.24, 2.45) is 0 Å². The highest BCUT2D eigenvalue weighted by atomic mass is 32.2. The molecule has 0 saturated heterocycles. The lowest BCUT2D eigenvalue weighted by molar-refractivity contribution is 0.400. The molecule has 0 aliphatic carbocycles. The van der Waals surface area contributed by atoms with E-state index in [2.05, 4.69) is 29.6 Å². The lowest BCUT2D eigenvalue weighted by Crippen LogP contribution is -1.98. The van der Waals surface area contributed by atoms with Crippen LogP contribution in [0, 0.1) is 0 Å². The van der Waals surface area contributed by atoms with Crippen LogP contribution in [0.4, 0.5) is 5.69 Å². The van der Waals surface area contributed by atoms with E-state index in [0.29, 0.717) is 11.8 Å². The van der Waals surface area contributed by atoms with E-state index in [1.165, 1.54) is 17.5 Å². The van der Waals surface area contributed by atoms with Crippen molar-refractivity contribution in [1.29, 1.82) is 0 Å². The predicted molar refractivity (Wildman–Crippen MR) is 87.4 cm³/mol. The van der Waals surface area contributed by atoms with Gasteiger partial charge in [-0.2, -0.15) is 0 Å². The highest BCUT2D eigenvalue weighted by Gasteiger charge is 2.08. The molecule has 2 rings (SSSR count). The summed E-state index contributed by atoms with van der Waals surface area (Å²) in [5, 5.41) is 0. The van der Waals surface area contributed by atoms with E-state index in [1.807, 2.05) is 30.5 Å². The van der Waals surface area contributed by atoms with Gasteiger partial charge in [-0.05, 0) is 53.8 Å². The first-order chi connectivity index (χ1) is 10.1. The molecule has 2 aromatic rings. The Morgan fingerprint density at radius 2 is 1.81 bits per heavy atom. The van der Waals surface area contributed by atoms with E-state index >= 15 is 0 Å². The Kier molecular flexibility index (Phi) is 5.33. The van der Waals surface area contributed by atoms with Crippen LogP contribution in [0.25, 0.3) is 0 Å². The van der Waals surface area contributed by atoms with Crippen molar-refractivity contribution in [2.45, 2.75) is 24.7 Å². The van der Waals surface area contributed by atoms with E-state index in [1.54, 1.807) is 14.2 Å². The molecule has 0 radical (unpaired) electrons. The number of aromatic nitrogens is 1. The molecule has 0 unspecified atom stereocenters. The molecule has 5 heteroatoms. The van der Waals surface area contributed by atoms with Crippen molar-refractivity contribution >= 4 is 17.6 Å². The summed E-state index contributed by atoms with van der Waals surface area (Å²) in [4.78, 5) is 5.43. The molecule has 1 N–H and O–H groups in total. The van der Waals surface area contributed by atoms with Crippen molar-refractivity contribution in [3.63, 3.8) is 0 Å². The summed E-state index contributed by atoms with van der Waals surface area (Å²) in [7, 11) is 3.29. The van der Waals surface area contributed by atoms with Crippen molar-refractivity contribution in [3.8, 4) is 11.6 Å². The third kappa shape index (κ3) is 4.04. The average molecular weight is 304 g/mol. The number of nitrogens with one attached hydrogen (secondary N) is 1. The number of pyridine rings is 1. The Morgan fingerprint density at radius 3 is 2.38 bits per heavy atom. The smallest absolute Gasteiger partial charge is 0.237 e. The van der Waals surface area contributed by atoms with Crippen LogP contribution >= 0.6 is 11.9 Å². The number of hydrogen-bond acceptors (Lipinski definition) is 5. The Balaban J connectivity index is 2.12. The van der Waals surface area contributed by atoms with Gasteiger partial charge in [-0.1, -0.05) is 13.8 Å². The van der Waals surface area contributed by atoms with Crippen LogP contribution < -0.4 is 14.2 Å². The zero-order valence-corrected chi connectivity index (χ0v) is 13.5. The second-order valence-electron chi connectivity index (χ2n) is 4.86. The number of anilines is 1. The molecule has 0 amide bonds. The van der Waals surface area contributed by atoms with Crippen LogP contribution in [0.5, 0.6) is 11.6 Å². The van der Waals surface area contributed by atoms with Gasteiger partial charge in [0.2, 0.25) is 5.88 Å². The Bertz CT molecular complexity index is 585. The molecule has 1 heterocycles. The summed E-state index contributed by atoms with van der Waals surface area (Å²) in [6, 6.07) is 9.95. The number of nitrogens with zero attached hydrogens (tertiary/aromatic N) is 1. The van der Waals surface area contributed by atoms with Crippen LogP contribution in [-0.2, 0) is 0 Å². The summed E-state index contributed by atoms with van der Waals surface area (Å²) in [5.74, 6) is 1.87. The quantitative estimate of drug-likeness (QED) is 0.804. The molecular formula is C16H20N2O2S. The molecule has 0 aliphatic rings. The largest absolute Gasteiger partial charge is 0.497 e. The first-order valence-corrected chi connectivity index (χ1v) is 7.56. The van der Waals surface area contributed by atoms with E-state index in [4.69, 9.17) is 9.47 Å². The second-order valence-corrected chi connectivity index (χ2v) is 5.74. The minimum absolute atomic E-state index is 0.426.